The summed E-state index contributed by atoms with van der Waals surface area (Å²) in [6.07, 6.45) is -4.19. The van der Waals surface area contributed by atoms with Crippen molar-refractivity contribution in [1.29, 1.82) is 0 Å². The maximum atomic E-state index is 12.0. The van der Waals surface area contributed by atoms with Gasteiger partial charge in [-0.1, -0.05) is 5.16 Å². The molecule has 0 bridgehead atoms. The normalized spacial score (nSPS) is 17.4. The van der Waals surface area contributed by atoms with E-state index < -0.39 is 12.7 Å². The second-order valence-corrected chi connectivity index (χ2v) is 3.23. The Bertz CT molecular complexity index is 346. The molecule has 14 heavy (non-hydrogen) atoms. The van der Waals surface area contributed by atoms with E-state index in [-0.39, 0.29) is 19.0 Å². The topological polar surface area (TPSA) is 55.3 Å². The van der Waals surface area contributed by atoms with Gasteiger partial charge in [0.25, 0.3) is 0 Å². The molecule has 0 spiro atoms. The zero-order valence-electron chi connectivity index (χ0n) is 7.14. The molecule has 1 aliphatic rings. The molecule has 2 rings (SSSR count). The van der Waals surface area contributed by atoms with Crippen molar-refractivity contribution in [3.8, 4) is 0 Å². The van der Waals surface area contributed by atoms with Crippen LogP contribution in [0.2, 0.25) is 0 Å². The zero-order valence-corrected chi connectivity index (χ0v) is 7.14. The van der Waals surface area contributed by atoms with Gasteiger partial charge in [-0.2, -0.15) is 13.2 Å². The number of fused-ring (bicyclic) bond motifs is 1. The van der Waals surface area contributed by atoms with Crippen LogP contribution in [0.15, 0.2) is 4.52 Å². The Kier molecular flexibility index (Phi) is 1.91. The highest BCUT2D eigenvalue weighted by molar-refractivity contribution is 5.40. The number of alkyl halides is 3. The van der Waals surface area contributed by atoms with Crippen molar-refractivity contribution >= 4 is 5.88 Å². The monoisotopic (exact) mass is 207 g/mol. The van der Waals surface area contributed by atoms with E-state index in [1.165, 1.54) is 4.90 Å². The lowest BCUT2D eigenvalue weighted by Crippen LogP contribution is -2.30. The van der Waals surface area contributed by atoms with Gasteiger partial charge in [-0.15, -0.1) is 0 Å². The number of nitrogens with zero attached hydrogens (tertiary/aromatic N) is 2. The van der Waals surface area contributed by atoms with Crippen molar-refractivity contribution in [2.45, 2.75) is 19.3 Å². The third-order valence-electron chi connectivity index (χ3n) is 2.06. The minimum atomic E-state index is -4.19. The van der Waals surface area contributed by atoms with Gasteiger partial charge in [-0.25, -0.2) is 0 Å². The first kappa shape index (κ1) is 9.32. The van der Waals surface area contributed by atoms with Crippen LogP contribution in [0.4, 0.5) is 19.1 Å². The fourth-order valence-corrected chi connectivity index (χ4v) is 1.51. The fourth-order valence-electron chi connectivity index (χ4n) is 1.51. The Labute approximate surface area is 77.4 Å². The predicted molar refractivity (Wildman–Crippen MR) is 41.1 cm³/mol. The zero-order chi connectivity index (χ0) is 10.3. The molecule has 2 heterocycles. The number of hydrogen-bond acceptors (Lipinski definition) is 4. The quantitative estimate of drug-likeness (QED) is 0.750. The van der Waals surface area contributed by atoms with E-state index in [2.05, 4.69) is 9.68 Å². The molecule has 2 N–H and O–H groups in total. The number of halogens is 3. The van der Waals surface area contributed by atoms with Crippen LogP contribution in [-0.4, -0.2) is 22.8 Å². The van der Waals surface area contributed by atoms with Gasteiger partial charge in [-0.3, -0.25) is 4.90 Å². The van der Waals surface area contributed by atoms with Crippen LogP contribution in [-0.2, 0) is 13.1 Å². The Hall–Kier alpha value is -1.24. The van der Waals surface area contributed by atoms with Crippen molar-refractivity contribution in [3.63, 3.8) is 0 Å². The third kappa shape index (κ3) is 1.67. The number of anilines is 1. The Balaban J connectivity index is 2.05. The lowest BCUT2D eigenvalue weighted by molar-refractivity contribution is -0.147. The largest absolute Gasteiger partial charge is 0.401 e. The maximum absolute atomic E-state index is 12.0. The van der Waals surface area contributed by atoms with Crippen molar-refractivity contribution < 1.29 is 17.7 Å². The summed E-state index contributed by atoms with van der Waals surface area (Å²) in [5.74, 6) is 0.115. The Morgan fingerprint density at radius 2 is 2.14 bits per heavy atom. The Morgan fingerprint density at radius 3 is 2.71 bits per heavy atom. The van der Waals surface area contributed by atoms with Crippen LogP contribution in [0.25, 0.3) is 0 Å². The minimum Gasteiger partial charge on any atom is -0.367 e. The standard InChI is InChI=1S/C7H8F3N3O/c8-7(9,10)3-13-1-4-5(2-13)12-14-6(4)11/h1-3,11H2. The molecule has 0 saturated heterocycles. The summed E-state index contributed by atoms with van der Waals surface area (Å²) < 4.78 is 40.7. The summed E-state index contributed by atoms with van der Waals surface area (Å²) >= 11 is 0. The van der Waals surface area contributed by atoms with E-state index in [4.69, 9.17) is 5.73 Å². The lowest BCUT2D eigenvalue weighted by atomic mass is 10.3. The molecule has 1 aliphatic heterocycles. The smallest absolute Gasteiger partial charge is 0.367 e. The summed E-state index contributed by atoms with van der Waals surface area (Å²) in [4.78, 5) is 1.23. The summed E-state index contributed by atoms with van der Waals surface area (Å²) in [5.41, 5.74) is 6.47. The number of hydrogen-bond donors (Lipinski definition) is 1. The number of rotatable bonds is 1. The van der Waals surface area contributed by atoms with Crippen molar-refractivity contribution in [1.82, 2.24) is 10.1 Å². The van der Waals surface area contributed by atoms with Gasteiger partial charge in [-0.05, 0) is 0 Å². The molecule has 7 heteroatoms. The molecule has 78 valence electrons. The summed E-state index contributed by atoms with van der Waals surface area (Å²) in [6, 6.07) is 0. The van der Waals surface area contributed by atoms with Crippen LogP contribution in [0.5, 0.6) is 0 Å². The molecule has 0 aliphatic carbocycles. The van der Waals surface area contributed by atoms with Gasteiger partial charge in [0.2, 0.25) is 5.88 Å². The van der Waals surface area contributed by atoms with Gasteiger partial charge in [0.05, 0.1) is 12.1 Å². The fraction of sp³-hybridized carbons (Fsp3) is 0.571. The molecule has 1 aromatic rings. The van der Waals surface area contributed by atoms with Crippen LogP contribution in [0.1, 0.15) is 11.3 Å². The average Bonchev–Trinajstić information content (AvgIpc) is 2.51. The van der Waals surface area contributed by atoms with Gasteiger partial charge in [0.15, 0.2) is 0 Å². The van der Waals surface area contributed by atoms with Gasteiger partial charge in [0.1, 0.15) is 5.69 Å². The lowest BCUT2D eigenvalue weighted by Gasteiger charge is -2.16. The first-order chi connectivity index (χ1) is 6.46. The van der Waals surface area contributed by atoms with E-state index >= 15 is 0 Å². The average molecular weight is 207 g/mol. The molecule has 0 aromatic carbocycles. The Morgan fingerprint density at radius 1 is 1.43 bits per heavy atom. The summed E-state index contributed by atoms with van der Waals surface area (Å²) in [5, 5.41) is 3.57. The molecule has 0 amide bonds. The van der Waals surface area contributed by atoms with E-state index in [9.17, 15) is 13.2 Å². The molecule has 0 radical (unpaired) electrons. The molecular formula is C7H8F3N3O. The van der Waals surface area contributed by atoms with E-state index in [0.717, 1.165) is 0 Å². The number of aromatic nitrogens is 1. The van der Waals surface area contributed by atoms with Crippen LogP contribution in [0, 0.1) is 0 Å². The third-order valence-corrected chi connectivity index (χ3v) is 2.06. The van der Waals surface area contributed by atoms with E-state index in [1.807, 2.05) is 0 Å². The van der Waals surface area contributed by atoms with Gasteiger partial charge < -0.3 is 10.3 Å². The second kappa shape index (κ2) is 2.88. The minimum absolute atomic E-state index is 0.115. The van der Waals surface area contributed by atoms with Gasteiger partial charge >= 0.3 is 6.18 Å². The molecule has 0 unspecified atom stereocenters. The second-order valence-electron chi connectivity index (χ2n) is 3.23. The molecule has 0 fully saturated rings. The molecule has 1 aromatic heterocycles. The highest BCUT2D eigenvalue weighted by atomic mass is 19.4. The van der Waals surface area contributed by atoms with Crippen molar-refractivity contribution in [2.75, 3.05) is 12.3 Å². The van der Waals surface area contributed by atoms with Crippen molar-refractivity contribution in [2.24, 2.45) is 0 Å². The maximum Gasteiger partial charge on any atom is 0.401 e. The molecule has 4 nitrogen and oxygen atoms in total. The molecular weight excluding hydrogens is 199 g/mol. The highest BCUT2D eigenvalue weighted by Crippen LogP contribution is 2.29. The predicted octanol–water partition coefficient (Wildman–Crippen LogP) is 1.13. The van der Waals surface area contributed by atoms with E-state index in [0.29, 0.717) is 11.3 Å². The molecule has 0 atom stereocenters. The van der Waals surface area contributed by atoms with E-state index in [1.54, 1.807) is 0 Å². The SMILES string of the molecule is Nc1onc2c1CN(CC(F)(F)F)C2. The molecule has 0 saturated carbocycles. The van der Waals surface area contributed by atoms with Crippen molar-refractivity contribution in [3.05, 3.63) is 11.3 Å². The number of nitrogen functional groups attached to an aromatic ring is 1. The number of nitrogens with two attached hydrogens (primary N) is 1. The summed E-state index contributed by atoms with van der Waals surface area (Å²) in [7, 11) is 0. The first-order valence-corrected chi connectivity index (χ1v) is 3.98. The van der Waals surface area contributed by atoms with Gasteiger partial charge in [0, 0.05) is 13.1 Å². The van der Waals surface area contributed by atoms with Crippen LogP contribution in [0.3, 0.4) is 0 Å². The van der Waals surface area contributed by atoms with Crippen LogP contribution >= 0.6 is 0 Å². The first-order valence-electron chi connectivity index (χ1n) is 3.98. The highest BCUT2D eigenvalue weighted by Gasteiger charge is 2.35. The summed E-state index contributed by atoms with van der Waals surface area (Å²) in [6.45, 7) is -0.636. The van der Waals surface area contributed by atoms with Crippen LogP contribution < -0.4 is 5.73 Å².